The summed E-state index contributed by atoms with van der Waals surface area (Å²) in [5.41, 5.74) is 9.33. The lowest BCUT2D eigenvalue weighted by Crippen LogP contribution is -2.31. The molecule has 0 radical (unpaired) electrons. The average molecular weight is 261 g/mol. The monoisotopic (exact) mass is 261 g/mol. The zero-order valence-corrected chi connectivity index (χ0v) is 9.89. The Balaban J connectivity index is 2.24. The molecule has 2 aromatic rings. The van der Waals surface area contributed by atoms with Crippen LogP contribution in [0.1, 0.15) is 10.4 Å². The van der Waals surface area contributed by atoms with Crippen molar-refractivity contribution in [1.82, 2.24) is 11.1 Å². The second kappa shape index (κ2) is 5.83. The highest BCUT2D eigenvalue weighted by molar-refractivity contribution is 5.96. The van der Waals surface area contributed by atoms with E-state index < -0.39 is 5.91 Å². The van der Waals surface area contributed by atoms with Crippen molar-refractivity contribution in [3.05, 3.63) is 54.1 Å². The first kappa shape index (κ1) is 12.8. The molecule has 2 rings (SSSR count). The predicted octanol–water partition coefficient (Wildman–Crippen LogP) is 2.18. The number of ether oxygens (including phenoxy) is 1. The van der Waals surface area contributed by atoms with Gasteiger partial charge in [-0.15, -0.1) is 4.48 Å². The molecule has 5 nitrogen and oxygen atoms in total. The number of anilines is 1. The van der Waals surface area contributed by atoms with Crippen molar-refractivity contribution in [2.24, 2.45) is 0 Å². The van der Waals surface area contributed by atoms with Crippen molar-refractivity contribution in [3.8, 4) is 11.5 Å². The van der Waals surface area contributed by atoms with Crippen LogP contribution in [-0.2, 0) is 0 Å². The first-order valence-electron chi connectivity index (χ1n) is 5.49. The summed E-state index contributed by atoms with van der Waals surface area (Å²) >= 11 is 0. The molecule has 0 unspecified atom stereocenters. The van der Waals surface area contributed by atoms with E-state index in [1.807, 2.05) is 5.43 Å². The van der Waals surface area contributed by atoms with Gasteiger partial charge < -0.3 is 10.5 Å². The second-order valence-electron chi connectivity index (χ2n) is 3.72. The maximum Gasteiger partial charge on any atom is 0.271 e. The van der Waals surface area contributed by atoms with E-state index in [4.69, 9.17) is 10.5 Å². The molecule has 0 fully saturated rings. The maximum atomic E-state index is 11.9. The van der Waals surface area contributed by atoms with E-state index >= 15 is 0 Å². The summed E-state index contributed by atoms with van der Waals surface area (Å²) in [6, 6.07) is 13.2. The Morgan fingerprint density at radius 2 is 1.79 bits per heavy atom. The van der Waals surface area contributed by atoms with Crippen LogP contribution in [0.4, 0.5) is 10.2 Å². The first-order valence-corrected chi connectivity index (χ1v) is 5.49. The highest BCUT2D eigenvalue weighted by Crippen LogP contribution is 2.25. The predicted molar refractivity (Wildman–Crippen MR) is 69.1 cm³/mol. The molecule has 0 aromatic heterocycles. The molecule has 0 aliphatic rings. The van der Waals surface area contributed by atoms with Gasteiger partial charge in [0.2, 0.25) is 0 Å². The zero-order chi connectivity index (χ0) is 13.7. The number of nitrogens with one attached hydrogen (secondary N) is 2. The van der Waals surface area contributed by atoms with E-state index in [-0.39, 0.29) is 5.56 Å². The Hall–Kier alpha value is -2.60. The molecule has 4 N–H and O–H groups in total. The Morgan fingerprint density at radius 3 is 2.47 bits per heavy atom. The van der Waals surface area contributed by atoms with Gasteiger partial charge in [0.15, 0.2) is 0 Å². The van der Waals surface area contributed by atoms with Crippen molar-refractivity contribution in [1.29, 1.82) is 0 Å². The van der Waals surface area contributed by atoms with Gasteiger partial charge in [0, 0.05) is 5.69 Å². The van der Waals surface area contributed by atoms with E-state index in [0.29, 0.717) is 17.2 Å². The van der Waals surface area contributed by atoms with Gasteiger partial charge in [0.1, 0.15) is 11.5 Å². The zero-order valence-electron chi connectivity index (χ0n) is 9.89. The molecule has 0 saturated carbocycles. The van der Waals surface area contributed by atoms with Crippen LogP contribution in [0.5, 0.6) is 11.5 Å². The number of hydrogen-bond donors (Lipinski definition) is 3. The summed E-state index contributed by atoms with van der Waals surface area (Å²) in [7, 11) is 0. The summed E-state index contributed by atoms with van der Waals surface area (Å²) in [5, 5.41) is 0. The molecule has 0 bridgehead atoms. The van der Waals surface area contributed by atoms with E-state index in [1.54, 1.807) is 42.5 Å². The van der Waals surface area contributed by atoms with Crippen molar-refractivity contribution in [3.63, 3.8) is 0 Å². The maximum absolute atomic E-state index is 11.9. The lowest BCUT2D eigenvalue weighted by atomic mass is 10.2. The summed E-state index contributed by atoms with van der Waals surface area (Å²) in [5.74, 6) is 0.219. The summed E-state index contributed by atoms with van der Waals surface area (Å²) in [4.78, 5) is 11.6. The SMILES string of the molecule is Nc1ccc(Oc2ccccc2C(=O)NNF)cc1. The Bertz CT molecular complexity index is 572. The Kier molecular flexibility index (Phi) is 3.94. The number of hydrogen-bond acceptors (Lipinski definition) is 4. The van der Waals surface area contributed by atoms with Crippen molar-refractivity contribution in [2.45, 2.75) is 0 Å². The number of amides is 1. The number of carbonyl (C=O) groups excluding carboxylic acids is 1. The van der Waals surface area contributed by atoms with E-state index in [2.05, 4.69) is 0 Å². The molecule has 6 heteroatoms. The molecular formula is C13H12FN3O2. The largest absolute Gasteiger partial charge is 0.457 e. The molecule has 0 saturated heterocycles. The topological polar surface area (TPSA) is 76.4 Å². The Morgan fingerprint density at radius 1 is 1.11 bits per heavy atom. The standard InChI is InChI=1S/C13H12FN3O2/c14-17-16-13(18)11-3-1-2-4-12(11)19-10-7-5-9(15)6-8-10/h1-8,17H,15H2,(H,16,18). The Labute approximate surface area is 109 Å². The van der Waals surface area contributed by atoms with Gasteiger partial charge in [0.25, 0.3) is 5.91 Å². The molecule has 1 amide bonds. The molecule has 2 aromatic carbocycles. The smallest absolute Gasteiger partial charge is 0.271 e. The lowest BCUT2D eigenvalue weighted by Gasteiger charge is -2.10. The fourth-order valence-electron chi connectivity index (χ4n) is 1.52. The molecule has 0 heterocycles. The first-order chi connectivity index (χ1) is 9.20. The van der Waals surface area contributed by atoms with Crippen LogP contribution in [0.15, 0.2) is 48.5 Å². The van der Waals surface area contributed by atoms with Crippen LogP contribution in [0.2, 0.25) is 0 Å². The average Bonchev–Trinajstić information content (AvgIpc) is 2.42. The lowest BCUT2D eigenvalue weighted by molar-refractivity contribution is 0.0879. The number of hydrazine groups is 1. The number of carbonyl (C=O) groups is 1. The molecule has 0 aliphatic carbocycles. The van der Waals surface area contributed by atoms with Gasteiger partial charge >= 0.3 is 0 Å². The van der Waals surface area contributed by atoms with E-state index in [0.717, 1.165) is 5.65 Å². The van der Waals surface area contributed by atoms with Crippen LogP contribution in [-0.4, -0.2) is 5.91 Å². The number of rotatable bonds is 4. The van der Waals surface area contributed by atoms with Crippen LogP contribution < -0.4 is 21.5 Å². The molecule has 0 atom stereocenters. The van der Waals surface area contributed by atoms with E-state index in [9.17, 15) is 9.28 Å². The highest BCUT2D eigenvalue weighted by Gasteiger charge is 2.12. The quantitative estimate of drug-likeness (QED) is 0.448. The molecule has 98 valence electrons. The fraction of sp³-hybridized carbons (Fsp3) is 0. The van der Waals surface area contributed by atoms with Crippen molar-refractivity contribution < 1.29 is 14.0 Å². The van der Waals surface area contributed by atoms with Gasteiger partial charge in [-0.05, 0) is 36.4 Å². The molecule has 0 spiro atoms. The third kappa shape index (κ3) is 3.20. The number of benzene rings is 2. The van der Waals surface area contributed by atoms with Crippen LogP contribution in [0, 0.1) is 0 Å². The summed E-state index contributed by atoms with van der Waals surface area (Å²) in [6.07, 6.45) is 0. The fourth-order valence-corrected chi connectivity index (χ4v) is 1.52. The number of para-hydroxylation sites is 1. The number of nitrogen functional groups attached to an aromatic ring is 1. The van der Waals surface area contributed by atoms with Crippen molar-refractivity contribution >= 4 is 11.6 Å². The van der Waals surface area contributed by atoms with Gasteiger partial charge in [-0.2, -0.15) is 0 Å². The minimum atomic E-state index is -0.631. The number of nitrogens with two attached hydrogens (primary N) is 1. The minimum absolute atomic E-state index is 0.212. The molecular weight excluding hydrogens is 249 g/mol. The highest BCUT2D eigenvalue weighted by atomic mass is 19.2. The van der Waals surface area contributed by atoms with Crippen LogP contribution in [0.25, 0.3) is 0 Å². The second-order valence-corrected chi connectivity index (χ2v) is 3.72. The van der Waals surface area contributed by atoms with Crippen LogP contribution in [0.3, 0.4) is 0 Å². The summed E-state index contributed by atoms with van der Waals surface area (Å²) < 4.78 is 17.5. The number of halogens is 1. The van der Waals surface area contributed by atoms with Gasteiger partial charge in [-0.1, -0.05) is 17.8 Å². The molecule has 0 aliphatic heterocycles. The molecule has 19 heavy (non-hydrogen) atoms. The normalized spacial score (nSPS) is 9.95. The minimum Gasteiger partial charge on any atom is -0.457 e. The van der Waals surface area contributed by atoms with Crippen molar-refractivity contribution in [2.75, 3.05) is 5.73 Å². The third-order valence-electron chi connectivity index (χ3n) is 2.40. The third-order valence-corrected chi connectivity index (χ3v) is 2.40. The van der Waals surface area contributed by atoms with Crippen LogP contribution >= 0.6 is 0 Å². The van der Waals surface area contributed by atoms with Gasteiger partial charge in [-0.25, -0.2) is 0 Å². The van der Waals surface area contributed by atoms with E-state index in [1.165, 1.54) is 6.07 Å². The summed E-state index contributed by atoms with van der Waals surface area (Å²) in [6.45, 7) is 0. The van der Waals surface area contributed by atoms with Gasteiger partial charge in [0.05, 0.1) is 5.56 Å². The van der Waals surface area contributed by atoms with Gasteiger partial charge in [-0.3, -0.25) is 10.2 Å².